The first-order valence-electron chi connectivity index (χ1n) is 7.40. The lowest BCUT2D eigenvalue weighted by Gasteiger charge is -2.25. The van der Waals surface area contributed by atoms with Crippen LogP contribution < -0.4 is 4.74 Å². The van der Waals surface area contributed by atoms with Crippen LogP contribution in [0.5, 0.6) is 5.75 Å². The molecule has 4 rings (SSSR count). The minimum atomic E-state index is -0.768. The van der Waals surface area contributed by atoms with Gasteiger partial charge in [-0.15, -0.1) is 0 Å². The lowest BCUT2D eigenvalue weighted by atomic mass is 9.78. The molecule has 1 aliphatic heterocycles. The molecule has 0 saturated carbocycles. The summed E-state index contributed by atoms with van der Waals surface area (Å²) in [5.41, 5.74) is 2.15. The molecule has 1 heterocycles. The molecule has 22 heavy (non-hydrogen) atoms. The molecular formula is C18H16N2O2. The molecule has 0 unspecified atom stereocenters. The third-order valence-corrected chi connectivity index (χ3v) is 4.70. The molecule has 0 N–H and O–H groups in total. The molecule has 0 saturated heterocycles. The van der Waals surface area contributed by atoms with Gasteiger partial charge in [0.05, 0.1) is 13.7 Å². The fourth-order valence-corrected chi connectivity index (χ4v) is 3.57. The third-order valence-electron chi connectivity index (χ3n) is 4.70. The number of hydrogen-bond acceptors (Lipinski definition) is 4. The lowest BCUT2D eigenvalue weighted by molar-refractivity contribution is 0.0897. The van der Waals surface area contributed by atoms with Crippen molar-refractivity contribution in [3.8, 4) is 5.75 Å². The van der Waals surface area contributed by atoms with E-state index in [0.717, 1.165) is 22.4 Å². The second-order valence-corrected chi connectivity index (χ2v) is 5.84. The summed E-state index contributed by atoms with van der Waals surface area (Å²) in [6, 6.07) is 15.7. The molecular weight excluding hydrogens is 276 g/mol. The summed E-state index contributed by atoms with van der Waals surface area (Å²) < 4.78 is 5.31. The van der Waals surface area contributed by atoms with E-state index in [1.165, 1.54) is 0 Å². The smallest absolute Gasteiger partial charge is 0.193 e. The Hall–Kier alpha value is -2.49. The number of fused-ring (bicyclic) bond motifs is 1. The number of ether oxygens (including phenoxy) is 1. The molecule has 2 aromatic rings. The topological polar surface area (TPSA) is 51.0 Å². The molecule has 4 heteroatoms. The zero-order valence-electron chi connectivity index (χ0n) is 12.3. The number of hydrogen-bond donors (Lipinski definition) is 0. The summed E-state index contributed by atoms with van der Waals surface area (Å²) in [5, 5.41) is 8.64. The van der Waals surface area contributed by atoms with Crippen molar-refractivity contribution in [3.05, 3.63) is 65.2 Å². The largest absolute Gasteiger partial charge is 0.497 e. The average Bonchev–Trinajstić information content (AvgIpc) is 3.11. The molecule has 0 aromatic heterocycles. The van der Waals surface area contributed by atoms with Gasteiger partial charge in [0, 0.05) is 17.9 Å². The number of Topliss-reactive ketones (excluding diaryl/α,β-unsaturated/α-hetero) is 1. The second-order valence-electron chi connectivity index (χ2n) is 5.84. The predicted molar refractivity (Wildman–Crippen MR) is 82.7 cm³/mol. The third kappa shape index (κ3) is 1.73. The summed E-state index contributed by atoms with van der Waals surface area (Å²) >= 11 is 0. The monoisotopic (exact) mass is 292 g/mol. The molecule has 1 spiro atoms. The normalized spacial score (nSPS) is 25.7. The summed E-state index contributed by atoms with van der Waals surface area (Å²) in [7, 11) is 1.65. The van der Waals surface area contributed by atoms with Crippen molar-refractivity contribution in [1.29, 1.82) is 0 Å². The van der Waals surface area contributed by atoms with Gasteiger partial charge in [-0.3, -0.25) is 4.79 Å². The Morgan fingerprint density at radius 1 is 1.18 bits per heavy atom. The molecule has 2 aliphatic rings. The van der Waals surface area contributed by atoms with Gasteiger partial charge in [-0.2, -0.15) is 10.2 Å². The van der Waals surface area contributed by atoms with Gasteiger partial charge in [-0.1, -0.05) is 36.4 Å². The van der Waals surface area contributed by atoms with E-state index in [1.807, 2.05) is 48.5 Å². The highest BCUT2D eigenvalue weighted by atomic mass is 16.5. The minimum Gasteiger partial charge on any atom is -0.497 e. The van der Waals surface area contributed by atoms with Gasteiger partial charge in [-0.25, -0.2) is 0 Å². The summed E-state index contributed by atoms with van der Waals surface area (Å²) in [6.45, 7) is 0.549. The Labute approximate surface area is 128 Å². The van der Waals surface area contributed by atoms with Gasteiger partial charge < -0.3 is 4.74 Å². The van der Waals surface area contributed by atoms with E-state index in [0.29, 0.717) is 13.0 Å². The van der Waals surface area contributed by atoms with E-state index >= 15 is 0 Å². The molecule has 0 amide bonds. The van der Waals surface area contributed by atoms with Crippen LogP contribution >= 0.6 is 0 Å². The van der Waals surface area contributed by atoms with Crippen LogP contribution in [0, 0.1) is 0 Å². The maximum atomic E-state index is 13.0. The molecule has 2 aromatic carbocycles. The minimum absolute atomic E-state index is 0.0255. The highest BCUT2D eigenvalue weighted by molar-refractivity contribution is 6.08. The molecule has 0 fully saturated rings. The Kier molecular flexibility index (Phi) is 2.86. The first kappa shape index (κ1) is 13.2. The maximum absolute atomic E-state index is 13.0. The predicted octanol–water partition coefficient (Wildman–Crippen LogP) is 3.42. The van der Waals surface area contributed by atoms with Gasteiger partial charge in [-0.05, 0) is 23.3 Å². The standard InChI is InChI=1S/C18H16N2O2/c1-22-14-7-4-6-12(9-14)16-11-19-20-18(16)10-13-5-2-3-8-15(13)17(18)21/h2-9,16H,10-11H2,1H3/t16-,18+/m1/s1. The Morgan fingerprint density at radius 2 is 2.05 bits per heavy atom. The van der Waals surface area contributed by atoms with E-state index < -0.39 is 5.54 Å². The maximum Gasteiger partial charge on any atom is 0.193 e. The molecule has 0 bridgehead atoms. The van der Waals surface area contributed by atoms with Gasteiger partial charge in [0.2, 0.25) is 0 Å². The highest BCUT2D eigenvalue weighted by Crippen LogP contribution is 2.46. The van der Waals surface area contributed by atoms with E-state index in [-0.39, 0.29) is 11.7 Å². The molecule has 2 atom stereocenters. The Morgan fingerprint density at radius 3 is 2.86 bits per heavy atom. The fraction of sp³-hybridized carbons (Fsp3) is 0.278. The fourth-order valence-electron chi connectivity index (χ4n) is 3.57. The summed E-state index contributed by atoms with van der Waals surface area (Å²) in [4.78, 5) is 13.0. The van der Waals surface area contributed by atoms with Crippen molar-refractivity contribution in [2.75, 3.05) is 13.7 Å². The van der Waals surface area contributed by atoms with Crippen LogP contribution in [0.3, 0.4) is 0 Å². The molecule has 1 aliphatic carbocycles. The zero-order valence-corrected chi connectivity index (χ0v) is 12.3. The van der Waals surface area contributed by atoms with Gasteiger partial charge in [0.1, 0.15) is 5.75 Å². The summed E-state index contributed by atoms with van der Waals surface area (Å²) in [5.74, 6) is 0.863. The zero-order chi connectivity index (χ0) is 15.2. The van der Waals surface area contributed by atoms with Crippen LogP contribution in [-0.4, -0.2) is 25.0 Å². The number of benzene rings is 2. The molecule has 110 valence electrons. The number of carbonyl (C=O) groups excluding carboxylic acids is 1. The molecule has 0 radical (unpaired) electrons. The second kappa shape index (κ2) is 4.77. The number of nitrogens with zero attached hydrogens (tertiary/aromatic N) is 2. The van der Waals surface area contributed by atoms with Crippen LogP contribution in [-0.2, 0) is 6.42 Å². The van der Waals surface area contributed by atoms with Crippen LogP contribution in [0.25, 0.3) is 0 Å². The van der Waals surface area contributed by atoms with E-state index in [1.54, 1.807) is 7.11 Å². The van der Waals surface area contributed by atoms with Crippen LogP contribution in [0.15, 0.2) is 58.8 Å². The average molecular weight is 292 g/mol. The highest BCUT2D eigenvalue weighted by Gasteiger charge is 2.54. The van der Waals surface area contributed by atoms with Crippen molar-refractivity contribution < 1.29 is 9.53 Å². The number of rotatable bonds is 2. The van der Waals surface area contributed by atoms with E-state index in [4.69, 9.17) is 4.74 Å². The van der Waals surface area contributed by atoms with Gasteiger partial charge in [0.25, 0.3) is 0 Å². The van der Waals surface area contributed by atoms with Crippen molar-refractivity contribution in [2.45, 2.75) is 17.9 Å². The van der Waals surface area contributed by atoms with Crippen molar-refractivity contribution in [1.82, 2.24) is 0 Å². The Bertz CT molecular complexity index is 784. The quantitative estimate of drug-likeness (QED) is 0.851. The number of ketones is 1. The summed E-state index contributed by atoms with van der Waals surface area (Å²) in [6.07, 6.45) is 0.632. The van der Waals surface area contributed by atoms with E-state index in [2.05, 4.69) is 10.2 Å². The van der Waals surface area contributed by atoms with Crippen LogP contribution in [0.4, 0.5) is 0 Å². The number of carbonyl (C=O) groups is 1. The lowest BCUT2D eigenvalue weighted by Crippen LogP contribution is -2.38. The van der Waals surface area contributed by atoms with Gasteiger partial charge >= 0.3 is 0 Å². The van der Waals surface area contributed by atoms with Crippen molar-refractivity contribution in [3.63, 3.8) is 0 Å². The van der Waals surface area contributed by atoms with Crippen molar-refractivity contribution in [2.24, 2.45) is 10.2 Å². The van der Waals surface area contributed by atoms with Crippen molar-refractivity contribution >= 4 is 5.78 Å². The number of methoxy groups -OCH3 is 1. The van der Waals surface area contributed by atoms with Gasteiger partial charge in [0.15, 0.2) is 11.3 Å². The first-order valence-corrected chi connectivity index (χ1v) is 7.40. The first-order chi connectivity index (χ1) is 10.7. The van der Waals surface area contributed by atoms with Crippen LogP contribution in [0.1, 0.15) is 27.4 Å². The SMILES string of the molecule is COc1cccc([C@H]2CN=N[C@@]23Cc2ccccc2C3=O)c1. The van der Waals surface area contributed by atoms with Crippen LogP contribution in [0.2, 0.25) is 0 Å². The van der Waals surface area contributed by atoms with E-state index in [9.17, 15) is 4.79 Å². The Balaban J connectivity index is 1.79. The molecule has 4 nitrogen and oxygen atoms in total. The number of azo groups is 1.